The Balaban J connectivity index is 5.45. The fourth-order valence-corrected chi connectivity index (χ4v) is 11.8. The van der Waals surface area contributed by atoms with E-state index in [2.05, 4.69) is 137 Å². The van der Waals surface area contributed by atoms with Gasteiger partial charge in [-0.05, 0) is 154 Å². The number of rotatable bonds is 74. The largest absolute Gasteiger partial charge is 0.472 e. The maximum absolute atomic E-state index is 13.1. The Morgan fingerprint density at radius 3 is 0.853 bits per heavy atom. The predicted molar refractivity (Wildman–Crippen MR) is 418 cm³/mol. The molecule has 2 unspecified atom stereocenters. The molecular formula is C83H142O17P2. The van der Waals surface area contributed by atoms with Crippen LogP contribution >= 0.6 is 15.6 Å². The molecule has 0 aromatic carbocycles. The van der Waals surface area contributed by atoms with Crippen LogP contribution in [0.3, 0.4) is 0 Å². The van der Waals surface area contributed by atoms with Gasteiger partial charge >= 0.3 is 39.5 Å². The van der Waals surface area contributed by atoms with Gasteiger partial charge in [-0.3, -0.25) is 37.3 Å². The van der Waals surface area contributed by atoms with Gasteiger partial charge in [0.15, 0.2) is 12.2 Å². The molecule has 0 aliphatic rings. The maximum Gasteiger partial charge on any atom is 0.472 e. The van der Waals surface area contributed by atoms with Crippen molar-refractivity contribution in [2.75, 3.05) is 39.6 Å². The molecule has 0 aromatic heterocycles. The lowest BCUT2D eigenvalue weighted by molar-refractivity contribution is -0.161. The lowest BCUT2D eigenvalue weighted by atomic mass is 10.1. The van der Waals surface area contributed by atoms with Crippen molar-refractivity contribution in [3.8, 4) is 0 Å². The molecule has 0 radical (unpaired) electrons. The third kappa shape index (κ3) is 73.8. The summed E-state index contributed by atoms with van der Waals surface area (Å²) in [5.41, 5.74) is 0. The van der Waals surface area contributed by atoms with Gasteiger partial charge in [0.2, 0.25) is 0 Å². The first-order valence-corrected chi connectivity index (χ1v) is 42.8. The van der Waals surface area contributed by atoms with E-state index in [1.54, 1.807) is 0 Å². The Morgan fingerprint density at radius 2 is 0.520 bits per heavy atom. The zero-order valence-corrected chi connectivity index (χ0v) is 65.8. The van der Waals surface area contributed by atoms with E-state index >= 15 is 0 Å². The van der Waals surface area contributed by atoms with Gasteiger partial charge in [-0.25, -0.2) is 9.13 Å². The van der Waals surface area contributed by atoms with Crippen LogP contribution in [-0.4, -0.2) is 96.7 Å². The number of allylic oxidation sites excluding steroid dienone is 20. The summed E-state index contributed by atoms with van der Waals surface area (Å²) in [6, 6.07) is 0. The number of ether oxygens (including phenoxy) is 4. The first kappa shape index (κ1) is 97.5. The van der Waals surface area contributed by atoms with E-state index in [1.165, 1.54) is 83.5 Å². The van der Waals surface area contributed by atoms with Crippen LogP contribution in [0.2, 0.25) is 0 Å². The van der Waals surface area contributed by atoms with Crippen LogP contribution in [0.1, 0.15) is 323 Å². The average molecular weight is 1470 g/mol. The zero-order valence-electron chi connectivity index (χ0n) is 64.0. The Kier molecular flexibility index (Phi) is 71.4. The molecule has 0 heterocycles. The molecule has 0 bridgehead atoms. The van der Waals surface area contributed by atoms with E-state index in [0.29, 0.717) is 32.1 Å². The van der Waals surface area contributed by atoms with Crippen molar-refractivity contribution >= 4 is 39.5 Å². The molecule has 3 N–H and O–H groups in total. The molecule has 0 rings (SSSR count). The standard InChI is InChI=1S/C83H142O17P2/c1-5-9-13-17-21-25-29-33-37-38-42-44-48-52-56-60-64-68-81(86)94-74-79(100-83(88)70-66-62-58-54-50-46-41-36-32-28-24-20-16-12-8-4)76-98-102(91,92)96-72-77(84)71-95-101(89,90)97-75-78(99-82(87)69-65-61-57-53-49-45-40-35-31-27-23-19-15-11-7-3)73-93-80(85)67-63-59-55-51-47-43-39-34-30-26-22-18-14-10-6-2/h21-23,25-28,32-37,39-42,44,52,56,77-79,84H,5-20,24,29-31,38,43,45-51,53-55,57-76H2,1-4H3,(H,89,90)(H,91,92)/b25-21-,26-22-,27-23-,32-28-,37-33-,39-34-,40-35-,41-36-,44-42-,56-52-/t77-,78+,79+/m0/s1. The van der Waals surface area contributed by atoms with E-state index in [4.69, 9.17) is 37.0 Å². The number of hydrogen-bond donors (Lipinski definition) is 3. The number of aliphatic hydroxyl groups is 1. The Labute approximate surface area is 619 Å². The normalized spacial score (nSPS) is 14.5. The minimum Gasteiger partial charge on any atom is -0.462 e. The fraction of sp³-hybridized carbons (Fsp3) is 0.711. The highest BCUT2D eigenvalue weighted by atomic mass is 31.2. The summed E-state index contributed by atoms with van der Waals surface area (Å²) in [5.74, 6) is -2.28. The van der Waals surface area contributed by atoms with Crippen LogP contribution in [0.4, 0.5) is 0 Å². The van der Waals surface area contributed by atoms with Gasteiger partial charge in [0.05, 0.1) is 26.4 Å². The zero-order chi connectivity index (χ0) is 74.6. The lowest BCUT2D eigenvalue weighted by Crippen LogP contribution is -2.30. The topological polar surface area (TPSA) is 237 Å². The molecule has 0 aromatic rings. The molecule has 17 nitrogen and oxygen atoms in total. The van der Waals surface area contributed by atoms with Crippen LogP contribution in [-0.2, 0) is 65.4 Å². The number of carbonyl (C=O) groups excluding carboxylic acids is 4. The molecule has 5 atom stereocenters. The second kappa shape index (κ2) is 74.7. The third-order valence-corrected chi connectivity index (χ3v) is 18.3. The van der Waals surface area contributed by atoms with Crippen molar-refractivity contribution in [2.24, 2.45) is 0 Å². The highest BCUT2D eigenvalue weighted by molar-refractivity contribution is 7.47. The van der Waals surface area contributed by atoms with E-state index in [0.717, 1.165) is 154 Å². The summed E-state index contributed by atoms with van der Waals surface area (Å²) in [6.07, 6.45) is 81.8. The van der Waals surface area contributed by atoms with Gasteiger partial charge in [0.1, 0.15) is 19.3 Å². The molecule has 19 heteroatoms. The number of esters is 4. The van der Waals surface area contributed by atoms with Gasteiger partial charge in [-0.1, -0.05) is 265 Å². The quantitative estimate of drug-likeness (QED) is 0.0128. The summed E-state index contributed by atoms with van der Waals surface area (Å²) in [5, 5.41) is 10.6. The van der Waals surface area contributed by atoms with E-state index in [-0.39, 0.29) is 25.7 Å². The number of aliphatic hydroxyl groups excluding tert-OH is 1. The third-order valence-electron chi connectivity index (χ3n) is 16.4. The van der Waals surface area contributed by atoms with Crippen LogP contribution in [0.5, 0.6) is 0 Å². The number of carbonyl (C=O) groups is 4. The van der Waals surface area contributed by atoms with E-state index < -0.39 is 97.5 Å². The number of unbranched alkanes of at least 4 members (excludes halogenated alkanes) is 29. The summed E-state index contributed by atoms with van der Waals surface area (Å²) in [4.78, 5) is 73.0. The molecule has 102 heavy (non-hydrogen) atoms. The van der Waals surface area contributed by atoms with Crippen molar-refractivity contribution in [1.82, 2.24) is 0 Å². The van der Waals surface area contributed by atoms with Crippen molar-refractivity contribution in [2.45, 2.75) is 341 Å². The molecule has 0 fully saturated rings. The van der Waals surface area contributed by atoms with Crippen LogP contribution < -0.4 is 0 Å². The van der Waals surface area contributed by atoms with E-state index in [9.17, 15) is 43.2 Å². The van der Waals surface area contributed by atoms with Crippen molar-refractivity contribution in [3.63, 3.8) is 0 Å². The second-order valence-electron chi connectivity index (χ2n) is 26.3. The Bertz CT molecular complexity index is 2410. The fourth-order valence-electron chi connectivity index (χ4n) is 10.3. The molecule has 0 saturated carbocycles. The van der Waals surface area contributed by atoms with Crippen molar-refractivity contribution in [3.05, 3.63) is 122 Å². The Morgan fingerprint density at radius 1 is 0.284 bits per heavy atom. The molecule has 0 saturated heterocycles. The van der Waals surface area contributed by atoms with E-state index in [1.807, 2.05) is 12.2 Å². The van der Waals surface area contributed by atoms with Gasteiger partial charge in [-0.2, -0.15) is 0 Å². The monoisotopic (exact) mass is 1470 g/mol. The number of phosphoric ester groups is 2. The molecular weight excluding hydrogens is 1330 g/mol. The molecule has 0 amide bonds. The molecule has 0 aliphatic heterocycles. The maximum atomic E-state index is 13.1. The SMILES string of the molecule is CCCCC/C=C\C/C=C\C/C=C\C/C=C\CCCC(=O)OC[C@H](COP(=O)(O)OC[C@@H](O)COP(=O)(O)OC[C@@H](COC(=O)CCCCCCC/C=C\C/C=C\CCCCC)OC(=O)CCCCCCC/C=C\C/C=C\CCCCC)OC(=O)CCCCCCC/C=C\C=C/CCCCCC. The lowest BCUT2D eigenvalue weighted by Gasteiger charge is -2.21. The summed E-state index contributed by atoms with van der Waals surface area (Å²) in [6.45, 7) is 4.68. The minimum atomic E-state index is -5.00. The highest BCUT2D eigenvalue weighted by Gasteiger charge is 2.30. The van der Waals surface area contributed by atoms with Gasteiger partial charge in [-0.15, -0.1) is 0 Å². The van der Waals surface area contributed by atoms with Gasteiger partial charge in [0.25, 0.3) is 0 Å². The highest BCUT2D eigenvalue weighted by Crippen LogP contribution is 2.45. The minimum absolute atomic E-state index is 0.0633. The second-order valence-corrected chi connectivity index (χ2v) is 29.2. The summed E-state index contributed by atoms with van der Waals surface area (Å²) >= 11 is 0. The number of hydrogen-bond acceptors (Lipinski definition) is 15. The molecule has 0 aliphatic carbocycles. The summed E-state index contributed by atoms with van der Waals surface area (Å²) < 4.78 is 68.5. The van der Waals surface area contributed by atoms with Crippen molar-refractivity contribution < 1.29 is 80.2 Å². The Hall–Kier alpha value is -4.54. The first-order valence-electron chi connectivity index (χ1n) is 39.8. The van der Waals surface area contributed by atoms with Crippen LogP contribution in [0.25, 0.3) is 0 Å². The van der Waals surface area contributed by atoms with Crippen molar-refractivity contribution in [1.29, 1.82) is 0 Å². The van der Waals surface area contributed by atoms with Crippen LogP contribution in [0.15, 0.2) is 122 Å². The van der Waals surface area contributed by atoms with Crippen LogP contribution in [0, 0.1) is 0 Å². The van der Waals surface area contributed by atoms with Gasteiger partial charge in [0, 0.05) is 25.7 Å². The number of phosphoric acid groups is 2. The molecule has 0 spiro atoms. The average Bonchev–Trinajstić information content (AvgIpc) is 0.923. The predicted octanol–water partition coefficient (Wildman–Crippen LogP) is 23.1. The van der Waals surface area contributed by atoms with Gasteiger partial charge < -0.3 is 33.8 Å². The smallest absolute Gasteiger partial charge is 0.462 e. The summed E-state index contributed by atoms with van der Waals surface area (Å²) in [7, 11) is -9.99. The molecule has 586 valence electrons. The first-order chi connectivity index (χ1) is 49.7.